The van der Waals surface area contributed by atoms with Crippen LogP contribution in [0, 0.1) is 0 Å². The molecule has 1 aromatic heterocycles. The molecule has 1 aliphatic rings. The van der Waals surface area contributed by atoms with E-state index in [2.05, 4.69) is 0 Å². The minimum absolute atomic E-state index is 0.106. The van der Waals surface area contributed by atoms with Gasteiger partial charge in [-0.25, -0.2) is 4.79 Å². The minimum atomic E-state index is -0.934. The molecule has 1 N–H and O–H groups in total. The number of ether oxygens (including phenoxy) is 1. The molecule has 1 atom stereocenters. The van der Waals surface area contributed by atoms with Gasteiger partial charge < -0.3 is 24.1 Å². The predicted molar refractivity (Wildman–Crippen MR) is 69.1 cm³/mol. The Hall–Kier alpha value is -2.02. The highest BCUT2D eigenvalue weighted by Gasteiger charge is 2.30. The largest absolute Gasteiger partial charge is 0.481 e. The lowest BCUT2D eigenvalue weighted by Gasteiger charge is -2.37. The average Bonchev–Trinajstić information content (AvgIpc) is 2.90. The second-order valence-corrected chi connectivity index (χ2v) is 4.79. The van der Waals surface area contributed by atoms with Gasteiger partial charge in [-0.2, -0.15) is 0 Å². The van der Waals surface area contributed by atoms with E-state index in [-0.39, 0.29) is 19.1 Å². The zero-order chi connectivity index (χ0) is 14.5. The third-order valence-electron chi connectivity index (χ3n) is 3.21. The highest BCUT2D eigenvalue weighted by Crippen LogP contribution is 2.14. The first-order valence-corrected chi connectivity index (χ1v) is 6.40. The van der Waals surface area contributed by atoms with Gasteiger partial charge in [0.1, 0.15) is 0 Å². The van der Waals surface area contributed by atoms with Crippen LogP contribution in [0.15, 0.2) is 23.0 Å². The zero-order valence-electron chi connectivity index (χ0n) is 11.3. The number of carbonyl (C=O) groups is 2. The summed E-state index contributed by atoms with van der Waals surface area (Å²) < 4.78 is 10.2. The summed E-state index contributed by atoms with van der Waals surface area (Å²) in [7, 11) is 1.68. The number of morpholine rings is 1. The van der Waals surface area contributed by atoms with Gasteiger partial charge in [0.2, 0.25) is 0 Å². The van der Waals surface area contributed by atoms with E-state index < -0.39 is 12.0 Å². The molecule has 2 rings (SSSR count). The quantitative estimate of drug-likeness (QED) is 0.891. The fraction of sp³-hybridized carbons (Fsp3) is 0.538. The Morgan fingerprint density at radius 3 is 3.00 bits per heavy atom. The maximum Gasteiger partial charge on any atom is 0.320 e. The van der Waals surface area contributed by atoms with Gasteiger partial charge in [0.25, 0.3) is 0 Å². The molecule has 0 radical (unpaired) electrons. The third kappa shape index (κ3) is 3.51. The molecular formula is C13H18N2O5. The Bertz CT molecular complexity index is 459. The SMILES string of the molecule is CN(Cc1ccoc1)C(=O)N1CCOCC1CC(=O)O. The van der Waals surface area contributed by atoms with Crippen molar-refractivity contribution in [2.45, 2.75) is 19.0 Å². The molecule has 0 aliphatic carbocycles. The lowest BCUT2D eigenvalue weighted by Crippen LogP contribution is -2.53. The van der Waals surface area contributed by atoms with Crippen molar-refractivity contribution in [2.24, 2.45) is 0 Å². The number of rotatable bonds is 4. The highest BCUT2D eigenvalue weighted by molar-refractivity contribution is 5.76. The lowest BCUT2D eigenvalue weighted by atomic mass is 10.1. The number of carboxylic acid groups (broad SMARTS) is 1. The molecule has 7 heteroatoms. The van der Waals surface area contributed by atoms with Gasteiger partial charge in [0.05, 0.1) is 44.7 Å². The van der Waals surface area contributed by atoms with Gasteiger partial charge in [0, 0.05) is 19.2 Å². The number of urea groups is 1. The van der Waals surface area contributed by atoms with Crippen LogP contribution in [0.1, 0.15) is 12.0 Å². The van der Waals surface area contributed by atoms with Gasteiger partial charge in [-0.05, 0) is 6.07 Å². The Labute approximate surface area is 116 Å². The molecule has 0 spiro atoms. The molecule has 1 fully saturated rings. The number of carbonyl (C=O) groups excluding carboxylic acids is 1. The van der Waals surface area contributed by atoms with E-state index in [1.807, 2.05) is 0 Å². The molecule has 110 valence electrons. The first kappa shape index (κ1) is 14.4. The van der Waals surface area contributed by atoms with E-state index in [4.69, 9.17) is 14.3 Å². The molecule has 2 heterocycles. The summed E-state index contributed by atoms with van der Waals surface area (Å²) in [6.07, 6.45) is 3.03. The Morgan fingerprint density at radius 2 is 2.35 bits per heavy atom. The van der Waals surface area contributed by atoms with Crippen molar-refractivity contribution in [3.05, 3.63) is 24.2 Å². The van der Waals surface area contributed by atoms with Crippen LogP contribution < -0.4 is 0 Å². The standard InChI is InChI=1S/C13H18N2O5/c1-14(7-10-2-4-19-8-10)13(18)15-3-5-20-9-11(15)6-12(16)17/h2,4,8,11H,3,5-7,9H2,1H3,(H,16,17). The van der Waals surface area contributed by atoms with Crippen molar-refractivity contribution in [3.8, 4) is 0 Å². The summed E-state index contributed by atoms with van der Waals surface area (Å²) in [6.45, 7) is 1.53. The molecule has 1 unspecified atom stereocenters. The van der Waals surface area contributed by atoms with Crippen LogP contribution in [0.2, 0.25) is 0 Å². The Kier molecular flexibility index (Phi) is 4.62. The molecule has 2 amide bonds. The van der Waals surface area contributed by atoms with E-state index in [9.17, 15) is 9.59 Å². The summed E-state index contributed by atoms with van der Waals surface area (Å²) in [4.78, 5) is 26.3. The molecule has 0 saturated carbocycles. The maximum absolute atomic E-state index is 12.4. The second kappa shape index (κ2) is 6.42. The van der Waals surface area contributed by atoms with Crippen LogP contribution in [0.5, 0.6) is 0 Å². The number of aliphatic carboxylic acids is 1. The normalized spacial score (nSPS) is 18.9. The minimum Gasteiger partial charge on any atom is -0.481 e. The number of hydrogen-bond donors (Lipinski definition) is 1. The van der Waals surface area contributed by atoms with Crippen LogP contribution in [0.3, 0.4) is 0 Å². The fourth-order valence-corrected chi connectivity index (χ4v) is 2.22. The van der Waals surface area contributed by atoms with E-state index >= 15 is 0 Å². The Balaban J connectivity index is 1.99. The smallest absolute Gasteiger partial charge is 0.320 e. The summed E-state index contributed by atoms with van der Waals surface area (Å²) >= 11 is 0. The van der Waals surface area contributed by atoms with Crippen LogP contribution >= 0.6 is 0 Å². The number of hydrogen-bond acceptors (Lipinski definition) is 4. The molecule has 1 saturated heterocycles. The molecule has 1 aliphatic heterocycles. The summed E-state index contributed by atoms with van der Waals surface area (Å²) in [5.74, 6) is -0.934. The number of amides is 2. The van der Waals surface area contributed by atoms with Crippen LogP contribution in [0.4, 0.5) is 4.79 Å². The van der Waals surface area contributed by atoms with Crippen molar-refractivity contribution in [1.29, 1.82) is 0 Å². The number of nitrogens with zero attached hydrogens (tertiary/aromatic N) is 2. The average molecular weight is 282 g/mol. The summed E-state index contributed by atoms with van der Waals surface area (Å²) in [5, 5.41) is 8.89. The van der Waals surface area contributed by atoms with Gasteiger partial charge in [0.15, 0.2) is 0 Å². The van der Waals surface area contributed by atoms with Crippen molar-refractivity contribution >= 4 is 12.0 Å². The lowest BCUT2D eigenvalue weighted by molar-refractivity contribution is -0.139. The molecule has 7 nitrogen and oxygen atoms in total. The number of furan rings is 1. The van der Waals surface area contributed by atoms with Gasteiger partial charge in [-0.15, -0.1) is 0 Å². The van der Waals surface area contributed by atoms with Crippen molar-refractivity contribution in [1.82, 2.24) is 9.80 Å². The fourth-order valence-electron chi connectivity index (χ4n) is 2.22. The van der Waals surface area contributed by atoms with Gasteiger partial charge in [-0.3, -0.25) is 4.79 Å². The van der Waals surface area contributed by atoms with Crippen molar-refractivity contribution in [2.75, 3.05) is 26.8 Å². The third-order valence-corrected chi connectivity index (χ3v) is 3.21. The monoisotopic (exact) mass is 282 g/mol. The first-order chi connectivity index (χ1) is 9.58. The summed E-state index contributed by atoms with van der Waals surface area (Å²) in [5.41, 5.74) is 0.892. The maximum atomic E-state index is 12.4. The Morgan fingerprint density at radius 1 is 1.55 bits per heavy atom. The van der Waals surface area contributed by atoms with Crippen LogP contribution in [-0.4, -0.2) is 59.8 Å². The first-order valence-electron chi connectivity index (χ1n) is 6.40. The topological polar surface area (TPSA) is 83.2 Å². The predicted octanol–water partition coefficient (Wildman–Crippen LogP) is 1.01. The van der Waals surface area contributed by atoms with E-state index in [1.165, 1.54) is 0 Å². The highest BCUT2D eigenvalue weighted by atomic mass is 16.5. The molecule has 20 heavy (non-hydrogen) atoms. The molecule has 1 aromatic rings. The molecule has 0 bridgehead atoms. The molecule has 0 aromatic carbocycles. The number of carboxylic acids is 1. The van der Waals surface area contributed by atoms with Crippen LogP contribution in [0.25, 0.3) is 0 Å². The summed E-state index contributed by atoms with van der Waals surface area (Å²) in [6, 6.07) is 1.18. The second-order valence-electron chi connectivity index (χ2n) is 4.79. The van der Waals surface area contributed by atoms with Gasteiger partial charge >= 0.3 is 12.0 Å². The van der Waals surface area contributed by atoms with Gasteiger partial charge in [-0.1, -0.05) is 0 Å². The van der Waals surface area contributed by atoms with E-state index in [0.717, 1.165) is 5.56 Å². The van der Waals surface area contributed by atoms with Crippen molar-refractivity contribution < 1.29 is 23.8 Å². The van der Waals surface area contributed by atoms with E-state index in [0.29, 0.717) is 19.7 Å². The zero-order valence-corrected chi connectivity index (χ0v) is 11.3. The van der Waals surface area contributed by atoms with Crippen LogP contribution in [-0.2, 0) is 16.1 Å². The molecular weight excluding hydrogens is 264 g/mol. The van der Waals surface area contributed by atoms with E-state index in [1.54, 1.807) is 35.4 Å². The van der Waals surface area contributed by atoms with Crippen molar-refractivity contribution in [3.63, 3.8) is 0 Å².